The van der Waals surface area contributed by atoms with Gasteiger partial charge in [0.2, 0.25) is 0 Å². The zero-order chi connectivity index (χ0) is 9.19. The lowest BCUT2D eigenvalue weighted by atomic mass is 9.76. The Hall–Kier alpha value is -0.300. The summed E-state index contributed by atoms with van der Waals surface area (Å²) in [4.78, 5) is 0. The van der Waals surface area contributed by atoms with Crippen LogP contribution in [0.25, 0.3) is 0 Å². The molecule has 1 fully saturated rings. The van der Waals surface area contributed by atoms with Crippen molar-refractivity contribution in [3.63, 3.8) is 0 Å². The number of rotatable bonds is 2. The van der Waals surface area contributed by atoms with Gasteiger partial charge in [-0.1, -0.05) is 26.8 Å². The summed E-state index contributed by atoms with van der Waals surface area (Å²) in [6.45, 7) is 11.6. The molecule has 2 atom stereocenters. The second kappa shape index (κ2) is 3.61. The van der Waals surface area contributed by atoms with Crippen molar-refractivity contribution in [2.75, 3.05) is 6.61 Å². The fraction of sp³-hybridized carbons (Fsp3) is 0.818. The van der Waals surface area contributed by atoms with E-state index < -0.39 is 0 Å². The van der Waals surface area contributed by atoms with Crippen LogP contribution in [0.5, 0.6) is 0 Å². The number of hydrogen-bond acceptors (Lipinski definition) is 1. The van der Waals surface area contributed by atoms with E-state index in [0.717, 1.165) is 13.0 Å². The first-order chi connectivity index (χ1) is 5.55. The molecule has 1 aliphatic heterocycles. The molecule has 0 aromatic carbocycles. The number of ether oxygens (including phenoxy) is 1. The molecule has 0 saturated carbocycles. The van der Waals surface area contributed by atoms with E-state index >= 15 is 0 Å². The third-order valence-corrected chi connectivity index (χ3v) is 2.72. The van der Waals surface area contributed by atoms with Crippen LogP contribution in [-0.4, -0.2) is 12.7 Å². The van der Waals surface area contributed by atoms with Crippen molar-refractivity contribution in [2.24, 2.45) is 11.3 Å². The van der Waals surface area contributed by atoms with E-state index in [2.05, 4.69) is 27.4 Å². The Morgan fingerprint density at radius 1 is 1.50 bits per heavy atom. The molecule has 1 heterocycles. The summed E-state index contributed by atoms with van der Waals surface area (Å²) in [5.41, 5.74) is 0.379. The van der Waals surface area contributed by atoms with Gasteiger partial charge in [-0.3, -0.25) is 0 Å². The molecule has 0 spiro atoms. The van der Waals surface area contributed by atoms with Gasteiger partial charge in [-0.05, 0) is 24.2 Å². The summed E-state index contributed by atoms with van der Waals surface area (Å²) >= 11 is 0. The van der Waals surface area contributed by atoms with E-state index in [0.29, 0.717) is 17.4 Å². The van der Waals surface area contributed by atoms with Gasteiger partial charge in [-0.25, -0.2) is 0 Å². The van der Waals surface area contributed by atoms with Crippen LogP contribution >= 0.6 is 0 Å². The Morgan fingerprint density at radius 3 is 2.67 bits per heavy atom. The second-order valence-corrected chi connectivity index (χ2v) is 4.69. The molecule has 1 aliphatic rings. The first kappa shape index (κ1) is 9.79. The second-order valence-electron chi connectivity index (χ2n) is 4.69. The SMILES string of the molecule is C=CC[C@@H]1OCC[C@H]1C(C)(C)C. The molecular weight excluding hydrogens is 148 g/mol. The highest BCUT2D eigenvalue weighted by Crippen LogP contribution is 2.38. The minimum absolute atomic E-state index is 0.379. The molecule has 0 amide bonds. The fourth-order valence-electron chi connectivity index (χ4n) is 2.04. The van der Waals surface area contributed by atoms with Crippen LogP contribution in [0.1, 0.15) is 33.6 Å². The van der Waals surface area contributed by atoms with E-state index in [4.69, 9.17) is 4.74 Å². The van der Waals surface area contributed by atoms with Crippen molar-refractivity contribution >= 4 is 0 Å². The Bertz CT molecular complexity index is 155. The lowest BCUT2D eigenvalue weighted by Gasteiger charge is -2.30. The molecular formula is C11H20O. The van der Waals surface area contributed by atoms with Gasteiger partial charge in [0.1, 0.15) is 0 Å². The highest BCUT2D eigenvalue weighted by molar-refractivity contribution is 4.88. The summed E-state index contributed by atoms with van der Waals surface area (Å²) in [7, 11) is 0. The Balaban J connectivity index is 2.57. The quantitative estimate of drug-likeness (QED) is 0.576. The third-order valence-electron chi connectivity index (χ3n) is 2.72. The lowest BCUT2D eigenvalue weighted by molar-refractivity contribution is 0.0609. The molecule has 0 bridgehead atoms. The van der Waals surface area contributed by atoms with E-state index in [-0.39, 0.29) is 0 Å². The summed E-state index contributed by atoms with van der Waals surface area (Å²) in [5.74, 6) is 0.704. The highest BCUT2D eigenvalue weighted by Gasteiger charge is 2.35. The highest BCUT2D eigenvalue weighted by atomic mass is 16.5. The molecule has 1 nitrogen and oxygen atoms in total. The van der Waals surface area contributed by atoms with E-state index in [1.807, 2.05) is 6.08 Å². The van der Waals surface area contributed by atoms with Crippen LogP contribution in [0.15, 0.2) is 12.7 Å². The van der Waals surface area contributed by atoms with Crippen molar-refractivity contribution < 1.29 is 4.74 Å². The van der Waals surface area contributed by atoms with Crippen molar-refractivity contribution in [1.29, 1.82) is 0 Å². The largest absolute Gasteiger partial charge is 0.378 e. The lowest BCUT2D eigenvalue weighted by Crippen LogP contribution is -2.28. The first-order valence-corrected chi connectivity index (χ1v) is 4.78. The van der Waals surface area contributed by atoms with Crippen LogP contribution in [0.3, 0.4) is 0 Å². The van der Waals surface area contributed by atoms with Crippen LogP contribution in [-0.2, 0) is 4.74 Å². The van der Waals surface area contributed by atoms with Crippen molar-refractivity contribution in [3.05, 3.63) is 12.7 Å². The fourth-order valence-corrected chi connectivity index (χ4v) is 2.04. The summed E-state index contributed by atoms with van der Waals surface area (Å²) in [5, 5.41) is 0. The van der Waals surface area contributed by atoms with Crippen LogP contribution < -0.4 is 0 Å². The molecule has 1 rings (SSSR count). The van der Waals surface area contributed by atoms with Gasteiger partial charge in [0.25, 0.3) is 0 Å². The monoisotopic (exact) mass is 168 g/mol. The van der Waals surface area contributed by atoms with Crippen molar-refractivity contribution in [3.8, 4) is 0 Å². The summed E-state index contributed by atoms with van der Waals surface area (Å²) < 4.78 is 5.66. The molecule has 1 saturated heterocycles. The molecule has 70 valence electrons. The summed E-state index contributed by atoms with van der Waals surface area (Å²) in [6.07, 6.45) is 4.60. The van der Waals surface area contributed by atoms with Crippen molar-refractivity contribution in [2.45, 2.75) is 39.7 Å². The molecule has 0 aromatic heterocycles. The van der Waals surface area contributed by atoms with Crippen LogP contribution in [0.2, 0.25) is 0 Å². The van der Waals surface area contributed by atoms with E-state index in [9.17, 15) is 0 Å². The maximum Gasteiger partial charge on any atom is 0.0643 e. The van der Waals surface area contributed by atoms with E-state index in [1.54, 1.807) is 0 Å². The minimum Gasteiger partial charge on any atom is -0.378 e. The van der Waals surface area contributed by atoms with Crippen LogP contribution in [0, 0.1) is 11.3 Å². The molecule has 0 unspecified atom stereocenters. The van der Waals surface area contributed by atoms with Gasteiger partial charge in [0.15, 0.2) is 0 Å². The van der Waals surface area contributed by atoms with Gasteiger partial charge >= 0.3 is 0 Å². The maximum absolute atomic E-state index is 5.66. The molecule has 0 N–H and O–H groups in total. The average molecular weight is 168 g/mol. The Morgan fingerprint density at radius 2 is 2.17 bits per heavy atom. The first-order valence-electron chi connectivity index (χ1n) is 4.78. The molecule has 0 radical (unpaired) electrons. The maximum atomic E-state index is 5.66. The van der Waals surface area contributed by atoms with E-state index in [1.165, 1.54) is 6.42 Å². The molecule has 12 heavy (non-hydrogen) atoms. The topological polar surface area (TPSA) is 9.23 Å². The average Bonchev–Trinajstić information content (AvgIpc) is 2.34. The predicted molar refractivity (Wildman–Crippen MR) is 52.1 cm³/mol. The van der Waals surface area contributed by atoms with Crippen LogP contribution in [0.4, 0.5) is 0 Å². The summed E-state index contributed by atoms with van der Waals surface area (Å²) in [6, 6.07) is 0. The smallest absolute Gasteiger partial charge is 0.0643 e. The van der Waals surface area contributed by atoms with Gasteiger partial charge in [0.05, 0.1) is 6.10 Å². The Kier molecular flexibility index (Phi) is 2.94. The third kappa shape index (κ3) is 2.10. The van der Waals surface area contributed by atoms with Gasteiger partial charge in [-0.2, -0.15) is 0 Å². The predicted octanol–water partition coefficient (Wildman–Crippen LogP) is 3.01. The molecule has 0 aromatic rings. The van der Waals surface area contributed by atoms with Gasteiger partial charge in [0, 0.05) is 6.61 Å². The van der Waals surface area contributed by atoms with Crippen molar-refractivity contribution in [1.82, 2.24) is 0 Å². The zero-order valence-corrected chi connectivity index (χ0v) is 8.47. The van der Waals surface area contributed by atoms with Gasteiger partial charge in [-0.15, -0.1) is 6.58 Å². The standard InChI is InChI=1S/C11H20O/c1-5-6-10-9(7-8-12-10)11(2,3)4/h5,9-10H,1,6-8H2,2-4H3/t9-,10+/m1/s1. The van der Waals surface area contributed by atoms with Gasteiger partial charge < -0.3 is 4.74 Å². The normalized spacial score (nSPS) is 30.6. The Labute approximate surface area is 75.8 Å². The minimum atomic E-state index is 0.379. The molecule has 0 aliphatic carbocycles. The number of hydrogen-bond donors (Lipinski definition) is 0. The molecule has 1 heteroatoms. The zero-order valence-electron chi connectivity index (χ0n) is 8.47.